The van der Waals surface area contributed by atoms with E-state index in [4.69, 9.17) is 15.2 Å². The molecular weight excluding hydrogens is 282 g/mol. The minimum atomic E-state index is -0.500. The van der Waals surface area contributed by atoms with E-state index in [0.29, 0.717) is 25.5 Å². The lowest BCUT2D eigenvalue weighted by atomic mass is 10.1. The van der Waals surface area contributed by atoms with E-state index < -0.39 is 11.7 Å². The topological polar surface area (TPSA) is 85.9 Å². The maximum Gasteiger partial charge on any atom is 0.407 e. The molecule has 1 aromatic rings. The van der Waals surface area contributed by atoms with E-state index >= 15 is 0 Å². The van der Waals surface area contributed by atoms with E-state index in [1.54, 1.807) is 7.11 Å². The summed E-state index contributed by atoms with van der Waals surface area (Å²) in [5.74, 6) is 0.458. The first-order chi connectivity index (χ1) is 10.3. The average molecular weight is 307 g/mol. The third-order valence-corrected chi connectivity index (χ3v) is 2.58. The molecule has 1 rings (SSSR count). The van der Waals surface area contributed by atoms with Crippen LogP contribution < -0.4 is 11.1 Å². The van der Waals surface area contributed by atoms with Gasteiger partial charge in [-0.1, -0.05) is 24.3 Å². The van der Waals surface area contributed by atoms with Crippen molar-refractivity contribution in [2.75, 3.05) is 13.7 Å². The number of aliphatic imine (C=N–C) groups is 1. The zero-order valence-corrected chi connectivity index (χ0v) is 13.7. The Kier molecular flexibility index (Phi) is 6.85. The van der Waals surface area contributed by atoms with Crippen LogP contribution in [-0.2, 0) is 22.6 Å². The highest BCUT2D eigenvalue weighted by molar-refractivity contribution is 5.81. The summed E-state index contributed by atoms with van der Waals surface area (Å²) in [5, 5.41) is 2.73. The van der Waals surface area contributed by atoms with Crippen LogP contribution in [0.25, 0.3) is 0 Å². The third-order valence-electron chi connectivity index (χ3n) is 2.58. The Balaban J connectivity index is 2.54. The van der Waals surface area contributed by atoms with E-state index in [2.05, 4.69) is 10.3 Å². The Morgan fingerprint density at radius 3 is 2.64 bits per heavy atom. The number of nitrogens with one attached hydrogen (secondary N) is 1. The Hall–Kier alpha value is -2.08. The van der Waals surface area contributed by atoms with Gasteiger partial charge in [-0.2, -0.15) is 0 Å². The number of benzene rings is 1. The van der Waals surface area contributed by atoms with Gasteiger partial charge < -0.3 is 20.5 Å². The fraction of sp³-hybridized carbons (Fsp3) is 0.500. The summed E-state index contributed by atoms with van der Waals surface area (Å²) in [6.45, 7) is 6.69. The van der Waals surface area contributed by atoms with Crippen LogP contribution in [0.3, 0.4) is 0 Å². The van der Waals surface area contributed by atoms with Gasteiger partial charge in [0, 0.05) is 13.7 Å². The number of alkyl carbamates (subject to hydrolysis) is 1. The van der Waals surface area contributed by atoms with E-state index in [9.17, 15) is 4.79 Å². The van der Waals surface area contributed by atoms with Crippen LogP contribution in [0.1, 0.15) is 31.9 Å². The van der Waals surface area contributed by atoms with Gasteiger partial charge in [0.1, 0.15) is 18.0 Å². The highest BCUT2D eigenvalue weighted by Crippen LogP contribution is 2.09. The molecule has 0 fully saturated rings. The molecule has 0 unspecified atom stereocenters. The molecule has 22 heavy (non-hydrogen) atoms. The summed E-state index contributed by atoms with van der Waals surface area (Å²) >= 11 is 0. The lowest BCUT2D eigenvalue weighted by Gasteiger charge is -2.19. The molecule has 0 aliphatic heterocycles. The minimum Gasteiger partial charge on any atom is -0.444 e. The van der Waals surface area contributed by atoms with Gasteiger partial charge >= 0.3 is 6.09 Å². The molecule has 6 nitrogen and oxygen atoms in total. The molecule has 0 aromatic heterocycles. The molecule has 0 atom stereocenters. The van der Waals surface area contributed by atoms with Gasteiger partial charge in [0.15, 0.2) is 0 Å². The second-order valence-electron chi connectivity index (χ2n) is 5.92. The first-order valence-electron chi connectivity index (χ1n) is 7.12. The van der Waals surface area contributed by atoms with Gasteiger partial charge in [0.25, 0.3) is 0 Å². The lowest BCUT2D eigenvalue weighted by Crippen LogP contribution is -2.32. The number of hydrogen-bond acceptors (Lipinski definition) is 4. The summed E-state index contributed by atoms with van der Waals surface area (Å²) in [7, 11) is 1.57. The number of nitrogens with zero attached hydrogens (tertiary/aromatic N) is 1. The summed E-state index contributed by atoms with van der Waals surface area (Å²) < 4.78 is 10.1. The second kappa shape index (κ2) is 8.38. The van der Waals surface area contributed by atoms with Gasteiger partial charge in [0.2, 0.25) is 0 Å². The highest BCUT2D eigenvalue weighted by atomic mass is 16.6. The number of nitrogens with two attached hydrogens (primary N) is 1. The predicted octanol–water partition coefficient (Wildman–Crippen LogP) is 2.21. The zero-order valence-electron chi connectivity index (χ0n) is 13.7. The Bertz CT molecular complexity index is 522. The maximum absolute atomic E-state index is 11.6. The van der Waals surface area contributed by atoms with Gasteiger partial charge in [-0.25, -0.2) is 4.79 Å². The van der Waals surface area contributed by atoms with Crippen molar-refractivity contribution in [1.82, 2.24) is 5.32 Å². The van der Waals surface area contributed by atoms with Crippen molar-refractivity contribution in [3.63, 3.8) is 0 Å². The van der Waals surface area contributed by atoms with Gasteiger partial charge in [-0.15, -0.1) is 0 Å². The molecule has 6 heteroatoms. The fourth-order valence-corrected chi connectivity index (χ4v) is 1.71. The van der Waals surface area contributed by atoms with Crippen molar-refractivity contribution in [1.29, 1.82) is 0 Å². The van der Waals surface area contributed by atoms with Crippen LogP contribution in [-0.4, -0.2) is 31.2 Å². The highest BCUT2D eigenvalue weighted by Gasteiger charge is 2.15. The van der Waals surface area contributed by atoms with Crippen molar-refractivity contribution in [3.8, 4) is 0 Å². The molecule has 0 spiro atoms. The number of methoxy groups -OCH3 is 1. The largest absolute Gasteiger partial charge is 0.444 e. The quantitative estimate of drug-likeness (QED) is 0.623. The fourth-order valence-electron chi connectivity index (χ4n) is 1.71. The van der Waals surface area contributed by atoms with Crippen LogP contribution in [0.2, 0.25) is 0 Å². The van der Waals surface area contributed by atoms with Crippen LogP contribution >= 0.6 is 0 Å². The van der Waals surface area contributed by atoms with Gasteiger partial charge in [0.05, 0.1) is 6.54 Å². The van der Waals surface area contributed by atoms with E-state index in [1.165, 1.54) is 0 Å². The van der Waals surface area contributed by atoms with Crippen LogP contribution in [0, 0.1) is 0 Å². The molecule has 0 bridgehead atoms. The molecule has 0 saturated heterocycles. The standard InChI is InChI=1S/C16H25N3O3/c1-16(2,3)22-15(20)19-10-13-7-5-6-12(8-13)9-18-14(17)11-21-4/h5-8H,9-11H2,1-4H3,(H2,17,18)(H,19,20). The zero-order chi connectivity index (χ0) is 16.6. The van der Waals surface area contributed by atoms with Crippen molar-refractivity contribution < 1.29 is 14.3 Å². The maximum atomic E-state index is 11.6. The number of carbonyl (C=O) groups excluding carboxylic acids is 1. The first kappa shape index (κ1) is 18.0. The van der Waals surface area contributed by atoms with Gasteiger partial charge in [-0.3, -0.25) is 4.99 Å². The summed E-state index contributed by atoms with van der Waals surface area (Å²) in [4.78, 5) is 15.8. The number of rotatable bonds is 6. The molecule has 0 saturated carbocycles. The van der Waals surface area contributed by atoms with E-state index in [-0.39, 0.29) is 0 Å². The first-order valence-corrected chi connectivity index (χ1v) is 7.12. The SMILES string of the molecule is COCC(N)=NCc1cccc(CNC(=O)OC(C)(C)C)c1. The summed E-state index contributed by atoms with van der Waals surface area (Å²) in [6, 6.07) is 7.79. The van der Waals surface area contributed by atoms with Crippen LogP contribution in [0.5, 0.6) is 0 Å². The minimum absolute atomic E-state index is 0.319. The molecule has 0 aliphatic carbocycles. The van der Waals surface area contributed by atoms with Gasteiger partial charge in [-0.05, 0) is 31.9 Å². The summed E-state index contributed by atoms with van der Waals surface area (Å²) in [6.07, 6.45) is -0.430. The number of amides is 1. The second-order valence-corrected chi connectivity index (χ2v) is 5.92. The smallest absolute Gasteiger partial charge is 0.407 e. The third kappa shape index (κ3) is 7.64. The molecule has 0 aliphatic rings. The van der Waals surface area contributed by atoms with Crippen LogP contribution in [0.4, 0.5) is 4.79 Å². The molecule has 122 valence electrons. The molecule has 3 N–H and O–H groups in total. The normalized spacial score (nSPS) is 12.1. The monoisotopic (exact) mass is 307 g/mol. The van der Waals surface area contributed by atoms with Crippen molar-refractivity contribution in [2.45, 2.75) is 39.5 Å². The number of hydrogen-bond donors (Lipinski definition) is 2. The van der Waals surface area contributed by atoms with Crippen molar-refractivity contribution >= 4 is 11.9 Å². The Morgan fingerprint density at radius 1 is 1.32 bits per heavy atom. The number of carbonyl (C=O) groups is 1. The number of ether oxygens (including phenoxy) is 2. The van der Waals surface area contributed by atoms with E-state index in [1.807, 2.05) is 45.0 Å². The van der Waals surface area contributed by atoms with Crippen molar-refractivity contribution in [3.05, 3.63) is 35.4 Å². The molecule has 0 radical (unpaired) electrons. The predicted molar refractivity (Wildman–Crippen MR) is 86.7 cm³/mol. The molecule has 0 heterocycles. The van der Waals surface area contributed by atoms with Crippen molar-refractivity contribution in [2.24, 2.45) is 10.7 Å². The Morgan fingerprint density at radius 2 is 2.00 bits per heavy atom. The Labute approximate surface area is 131 Å². The molecular formula is C16H25N3O3. The molecule has 1 amide bonds. The summed E-state index contributed by atoms with van der Waals surface area (Å²) in [5.41, 5.74) is 7.17. The molecule has 1 aromatic carbocycles. The lowest BCUT2D eigenvalue weighted by molar-refractivity contribution is 0.0523. The van der Waals surface area contributed by atoms with E-state index in [0.717, 1.165) is 11.1 Å². The van der Waals surface area contributed by atoms with Crippen LogP contribution in [0.15, 0.2) is 29.3 Å². The average Bonchev–Trinajstić information content (AvgIpc) is 2.42. The number of amidine groups is 1.